The summed E-state index contributed by atoms with van der Waals surface area (Å²) in [6, 6.07) is 6.79. The zero-order valence-corrected chi connectivity index (χ0v) is 13.8. The quantitative estimate of drug-likeness (QED) is 0.755. The molecule has 0 saturated carbocycles. The zero-order chi connectivity index (χ0) is 15.2. The Bertz CT molecular complexity index is 470. The van der Waals surface area contributed by atoms with Crippen molar-refractivity contribution in [2.45, 2.75) is 52.9 Å². The highest BCUT2D eigenvalue weighted by Crippen LogP contribution is 2.22. The summed E-state index contributed by atoms with van der Waals surface area (Å²) >= 11 is 0. The largest absolute Gasteiger partial charge is 0.317 e. The molecule has 2 heteroatoms. The van der Waals surface area contributed by atoms with Gasteiger partial charge in [0.25, 0.3) is 0 Å². The highest BCUT2D eigenvalue weighted by Gasteiger charge is 2.14. The number of piperidine rings is 1. The predicted octanol–water partition coefficient (Wildman–Crippen LogP) is 4.21. The number of nitrogens with one attached hydrogen (secondary N) is 2. The van der Waals surface area contributed by atoms with Gasteiger partial charge < -0.3 is 10.7 Å². The summed E-state index contributed by atoms with van der Waals surface area (Å²) in [7, 11) is 0. The summed E-state index contributed by atoms with van der Waals surface area (Å²) in [6.07, 6.45) is 6.12. The van der Waals surface area contributed by atoms with Crippen molar-refractivity contribution in [3.63, 3.8) is 0 Å². The van der Waals surface area contributed by atoms with E-state index in [9.17, 15) is 0 Å². The fourth-order valence-electron chi connectivity index (χ4n) is 3.32. The molecule has 1 fully saturated rings. The molecule has 0 unspecified atom stereocenters. The van der Waals surface area contributed by atoms with E-state index in [1.165, 1.54) is 49.0 Å². The van der Waals surface area contributed by atoms with E-state index in [2.05, 4.69) is 37.4 Å². The first-order valence-electron chi connectivity index (χ1n) is 8.44. The Balaban J connectivity index is 2.05. The molecule has 1 aromatic carbocycles. The molecule has 116 valence electrons. The Morgan fingerprint density at radius 1 is 1.29 bits per heavy atom. The number of hydrogen-bond donors (Lipinski definition) is 2. The maximum atomic E-state index is 8.07. The minimum Gasteiger partial charge on any atom is -0.317 e. The smallest absolute Gasteiger partial charge is 0.0358 e. The van der Waals surface area contributed by atoms with Gasteiger partial charge in [-0.1, -0.05) is 26.0 Å². The van der Waals surface area contributed by atoms with Gasteiger partial charge in [0, 0.05) is 5.71 Å². The van der Waals surface area contributed by atoms with E-state index in [-0.39, 0.29) is 0 Å². The minimum absolute atomic E-state index is 0.671. The molecule has 0 aliphatic carbocycles. The first kappa shape index (κ1) is 16.2. The van der Waals surface area contributed by atoms with Gasteiger partial charge in [0.2, 0.25) is 0 Å². The average molecular weight is 286 g/mol. The Morgan fingerprint density at radius 2 is 2.00 bits per heavy atom. The minimum atomic E-state index is 0.671. The summed E-state index contributed by atoms with van der Waals surface area (Å²) in [5.74, 6) is 1.53. The van der Waals surface area contributed by atoms with Gasteiger partial charge in [-0.3, -0.25) is 0 Å². The van der Waals surface area contributed by atoms with E-state index >= 15 is 0 Å². The fraction of sp³-hybridized carbons (Fsp3) is 0.632. The molecule has 2 N–H and O–H groups in total. The van der Waals surface area contributed by atoms with Gasteiger partial charge in [0.15, 0.2) is 0 Å². The number of rotatable bonds is 6. The lowest BCUT2D eigenvalue weighted by Crippen LogP contribution is -2.28. The van der Waals surface area contributed by atoms with Crippen LogP contribution in [0.5, 0.6) is 0 Å². The van der Waals surface area contributed by atoms with Crippen molar-refractivity contribution < 1.29 is 0 Å². The second-order valence-corrected chi connectivity index (χ2v) is 6.95. The van der Waals surface area contributed by atoms with Gasteiger partial charge in [0.05, 0.1) is 0 Å². The summed E-state index contributed by atoms with van der Waals surface area (Å²) < 4.78 is 0. The van der Waals surface area contributed by atoms with Crippen molar-refractivity contribution in [3.8, 4) is 0 Å². The molecule has 2 rings (SSSR count). The van der Waals surface area contributed by atoms with Crippen molar-refractivity contribution in [1.82, 2.24) is 5.32 Å². The Kier molecular flexibility index (Phi) is 5.98. The van der Waals surface area contributed by atoms with Gasteiger partial charge in [-0.15, -0.1) is 0 Å². The fourth-order valence-corrected chi connectivity index (χ4v) is 3.32. The maximum absolute atomic E-state index is 8.07. The molecule has 1 heterocycles. The van der Waals surface area contributed by atoms with Crippen LogP contribution in [-0.2, 0) is 12.8 Å². The molecule has 1 aromatic rings. The van der Waals surface area contributed by atoms with Crippen molar-refractivity contribution >= 4 is 5.71 Å². The van der Waals surface area contributed by atoms with Gasteiger partial charge in [0.1, 0.15) is 0 Å². The molecule has 0 aromatic heterocycles. The molecular formula is C19H30N2. The van der Waals surface area contributed by atoms with E-state index in [0.717, 1.165) is 18.8 Å². The first-order chi connectivity index (χ1) is 10.1. The monoisotopic (exact) mass is 286 g/mol. The summed E-state index contributed by atoms with van der Waals surface area (Å²) in [5, 5.41) is 11.5. The third-order valence-corrected chi connectivity index (χ3v) is 4.50. The molecular weight excluding hydrogens is 256 g/mol. The van der Waals surface area contributed by atoms with E-state index in [1.807, 2.05) is 6.92 Å². The molecule has 1 saturated heterocycles. The average Bonchev–Trinajstić information content (AvgIpc) is 2.46. The Labute approximate surface area is 129 Å². The van der Waals surface area contributed by atoms with Crippen LogP contribution in [-0.4, -0.2) is 18.8 Å². The lowest BCUT2D eigenvalue weighted by atomic mass is 9.88. The van der Waals surface area contributed by atoms with E-state index < -0.39 is 0 Å². The summed E-state index contributed by atoms with van der Waals surface area (Å²) in [4.78, 5) is 0. The molecule has 0 bridgehead atoms. The van der Waals surface area contributed by atoms with E-state index in [4.69, 9.17) is 5.41 Å². The van der Waals surface area contributed by atoms with Crippen LogP contribution in [0.15, 0.2) is 18.2 Å². The Morgan fingerprint density at radius 3 is 2.62 bits per heavy atom. The molecule has 0 amide bonds. The molecule has 0 atom stereocenters. The number of aryl methyl sites for hydroxylation is 1. The number of hydrogen-bond acceptors (Lipinski definition) is 2. The van der Waals surface area contributed by atoms with Crippen molar-refractivity contribution in [2.75, 3.05) is 13.1 Å². The summed E-state index contributed by atoms with van der Waals surface area (Å²) in [6.45, 7) is 8.77. The van der Waals surface area contributed by atoms with E-state index in [1.54, 1.807) is 0 Å². The van der Waals surface area contributed by atoms with Crippen LogP contribution in [0.4, 0.5) is 0 Å². The van der Waals surface area contributed by atoms with Gasteiger partial charge >= 0.3 is 0 Å². The van der Waals surface area contributed by atoms with Crippen molar-refractivity contribution in [1.29, 1.82) is 5.41 Å². The predicted molar refractivity (Wildman–Crippen MR) is 91.4 cm³/mol. The lowest BCUT2D eigenvalue weighted by molar-refractivity contribution is 0.354. The molecule has 21 heavy (non-hydrogen) atoms. The topological polar surface area (TPSA) is 35.9 Å². The van der Waals surface area contributed by atoms with Crippen LogP contribution in [0.3, 0.4) is 0 Å². The molecule has 2 nitrogen and oxygen atoms in total. The van der Waals surface area contributed by atoms with Crippen LogP contribution >= 0.6 is 0 Å². The molecule has 0 spiro atoms. The van der Waals surface area contributed by atoms with E-state index in [0.29, 0.717) is 11.6 Å². The van der Waals surface area contributed by atoms with Gasteiger partial charge in [-0.2, -0.15) is 0 Å². The third kappa shape index (κ3) is 4.96. The zero-order valence-electron chi connectivity index (χ0n) is 13.8. The lowest BCUT2D eigenvalue weighted by Gasteiger charge is -2.23. The van der Waals surface area contributed by atoms with Crippen LogP contribution in [0.1, 0.15) is 56.7 Å². The van der Waals surface area contributed by atoms with Crippen LogP contribution in [0, 0.1) is 17.2 Å². The van der Waals surface area contributed by atoms with Crippen LogP contribution < -0.4 is 5.32 Å². The maximum Gasteiger partial charge on any atom is 0.0358 e. The second-order valence-electron chi connectivity index (χ2n) is 6.95. The summed E-state index contributed by atoms with van der Waals surface area (Å²) in [5.41, 5.74) is 4.62. The van der Waals surface area contributed by atoms with Crippen molar-refractivity contribution in [3.05, 3.63) is 34.9 Å². The van der Waals surface area contributed by atoms with Crippen molar-refractivity contribution in [2.24, 2.45) is 11.8 Å². The Hall–Kier alpha value is -1.15. The highest BCUT2D eigenvalue weighted by molar-refractivity contribution is 5.97. The standard InChI is InChI=1S/C19H30N2/c1-14(2)12-17-5-7-18(19(13-17)15(3)20)6-4-16-8-10-21-11-9-16/h5,7,13-14,16,20-21H,4,6,8-12H2,1-3H3. The second kappa shape index (κ2) is 7.74. The van der Waals surface area contributed by atoms with Gasteiger partial charge in [-0.25, -0.2) is 0 Å². The SMILES string of the molecule is CC(=N)c1cc(CC(C)C)ccc1CCC1CCNCC1. The van der Waals surface area contributed by atoms with Gasteiger partial charge in [-0.05, 0) is 86.7 Å². The third-order valence-electron chi connectivity index (χ3n) is 4.50. The number of benzene rings is 1. The van der Waals surface area contributed by atoms with Crippen LogP contribution in [0.25, 0.3) is 0 Å². The highest BCUT2D eigenvalue weighted by atomic mass is 14.9. The first-order valence-corrected chi connectivity index (χ1v) is 8.44. The molecule has 1 aliphatic heterocycles. The van der Waals surface area contributed by atoms with Crippen LogP contribution in [0.2, 0.25) is 0 Å². The molecule has 0 radical (unpaired) electrons. The normalized spacial score (nSPS) is 16.4. The molecule has 1 aliphatic rings.